The molecule has 0 aliphatic rings. The summed E-state index contributed by atoms with van der Waals surface area (Å²) in [7, 11) is 0. The summed E-state index contributed by atoms with van der Waals surface area (Å²) in [6.45, 7) is 10.3. The molecule has 2 amide bonds. The summed E-state index contributed by atoms with van der Waals surface area (Å²) in [6, 6.07) is 13.7. The normalized spacial score (nSPS) is 11.3. The van der Waals surface area contributed by atoms with Crippen LogP contribution in [-0.2, 0) is 11.3 Å². The fraction of sp³-hybridized carbons (Fsp3) is 0.276. The second-order valence-electron chi connectivity index (χ2n) is 10.3. The molecule has 0 aliphatic carbocycles. The van der Waals surface area contributed by atoms with Gasteiger partial charge in [-0.2, -0.15) is 0 Å². The van der Waals surface area contributed by atoms with Crippen molar-refractivity contribution in [1.29, 1.82) is 0 Å². The second-order valence-corrected chi connectivity index (χ2v) is 12.2. The zero-order valence-corrected chi connectivity index (χ0v) is 24.7. The topological polar surface area (TPSA) is 118 Å². The number of nitrogens with one attached hydrogen (secondary N) is 3. The summed E-state index contributed by atoms with van der Waals surface area (Å²) in [5, 5.41) is 6.53. The van der Waals surface area contributed by atoms with Gasteiger partial charge in [0.2, 0.25) is 0 Å². The molecule has 0 saturated carbocycles. The molecule has 0 unspecified atom stereocenters. The SMILES string of the molecule is CC(C)OC(=O)Nc1ccc(-c2ncc(-c3ccc(CNC(=O)c4cncnc4)cc3SNC(C)(C)C)s2)cc1. The van der Waals surface area contributed by atoms with Crippen molar-refractivity contribution in [1.82, 2.24) is 25.0 Å². The van der Waals surface area contributed by atoms with Gasteiger partial charge in [0.25, 0.3) is 5.91 Å². The zero-order valence-electron chi connectivity index (χ0n) is 23.0. The van der Waals surface area contributed by atoms with E-state index in [1.165, 1.54) is 18.7 Å². The Morgan fingerprint density at radius 3 is 2.42 bits per heavy atom. The highest BCUT2D eigenvalue weighted by Crippen LogP contribution is 2.38. The van der Waals surface area contributed by atoms with Crippen LogP contribution in [0.4, 0.5) is 10.5 Å². The molecule has 0 fully saturated rings. The number of anilines is 1. The zero-order chi connectivity index (χ0) is 28.7. The van der Waals surface area contributed by atoms with Crippen LogP contribution in [0.5, 0.6) is 0 Å². The number of nitrogens with zero attached hydrogens (tertiary/aromatic N) is 3. The van der Waals surface area contributed by atoms with Crippen LogP contribution in [0.3, 0.4) is 0 Å². The van der Waals surface area contributed by atoms with Crippen molar-refractivity contribution in [3.8, 4) is 21.0 Å². The molecule has 4 rings (SSSR count). The summed E-state index contributed by atoms with van der Waals surface area (Å²) >= 11 is 3.14. The van der Waals surface area contributed by atoms with Crippen molar-refractivity contribution in [2.24, 2.45) is 0 Å². The maximum Gasteiger partial charge on any atom is 0.411 e. The van der Waals surface area contributed by atoms with Gasteiger partial charge in [0.1, 0.15) is 11.3 Å². The summed E-state index contributed by atoms with van der Waals surface area (Å²) in [4.78, 5) is 38.9. The van der Waals surface area contributed by atoms with Gasteiger partial charge in [0.15, 0.2) is 0 Å². The van der Waals surface area contributed by atoms with Crippen molar-refractivity contribution < 1.29 is 14.3 Å². The molecule has 2 aromatic carbocycles. The fourth-order valence-corrected chi connectivity index (χ4v) is 5.40. The third-order valence-electron chi connectivity index (χ3n) is 5.28. The molecule has 0 aliphatic heterocycles. The summed E-state index contributed by atoms with van der Waals surface area (Å²) in [5.41, 5.74) is 3.93. The third-order valence-corrected chi connectivity index (χ3v) is 7.63. The van der Waals surface area contributed by atoms with Crippen LogP contribution in [0, 0.1) is 0 Å². The molecule has 0 atom stereocenters. The van der Waals surface area contributed by atoms with Crippen LogP contribution in [0.25, 0.3) is 21.0 Å². The Hall–Kier alpha value is -3.80. The number of ether oxygens (including phenoxy) is 1. The third kappa shape index (κ3) is 8.35. The molecule has 3 N–H and O–H groups in total. The average Bonchev–Trinajstić information content (AvgIpc) is 3.41. The van der Waals surface area contributed by atoms with E-state index in [1.807, 2.05) is 36.5 Å². The van der Waals surface area contributed by atoms with Gasteiger partial charge >= 0.3 is 6.09 Å². The van der Waals surface area contributed by atoms with Gasteiger partial charge in [-0.05, 0) is 82.5 Å². The lowest BCUT2D eigenvalue weighted by Gasteiger charge is -2.21. The number of thiazole rings is 1. The monoisotopic (exact) mass is 576 g/mol. The number of benzene rings is 2. The van der Waals surface area contributed by atoms with Gasteiger partial charge in [0, 0.05) is 52.4 Å². The predicted octanol–water partition coefficient (Wildman–Crippen LogP) is 6.55. The average molecular weight is 577 g/mol. The second kappa shape index (κ2) is 13.0. The Bertz CT molecular complexity index is 1450. The van der Waals surface area contributed by atoms with Crippen molar-refractivity contribution in [2.75, 3.05) is 5.32 Å². The molecule has 0 bridgehead atoms. The van der Waals surface area contributed by atoms with E-state index >= 15 is 0 Å². The number of rotatable bonds is 9. The smallest absolute Gasteiger partial charge is 0.411 e. The van der Waals surface area contributed by atoms with Crippen LogP contribution >= 0.6 is 23.3 Å². The van der Waals surface area contributed by atoms with Gasteiger partial charge in [0.05, 0.1) is 16.5 Å². The number of aromatic nitrogens is 3. The Morgan fingerprint density at radius 2 is 1.75 bits per heavy atom. The minimum Gasteiger partial charge on any atom is -0.447 e. The minimum absolute atomic E-state index is 0.101. The lowest BCUT2D eigenvalue weighted by Crippen LogP contribution is -2.29. The highest BCUT2D eigenvalue weighted by atomic mass is 32.2. The molecule has 40 heavy (non-hydrogen) atoms. The van der Waals surface area contributed by atoms with Crippen LogP contribution in [0.2, 0.25) is 0 Å². The molecule has 4 aromatic rings. The molecular formula is C29H32N6O3S2. The van der Waals surface area contributed by atoms with E-state index in [9.17, 15) is 9.59 Å². The highest BCUT2D eigenvalue weighted by Gasteiger charge is 2.16. The van der Waals surface area contributed by atoms with Crippen molar-refractivity contribution in [2.45, 2.75) is 57.7 Å². The summed E-state index contributed by atoms with van der Waals surface area (Å²) < 4.78 is 8.63. The van der Waals surface area contributed by atoms with Gasteiger partial charge in [-0.15, -0.1) is 11.3 Å². The molecule has 0 spiro atoms. The maximum atomic E-state index is 12.5. The number of hydrogen-bond donors (Lipinski definition) is 3. The van der Waals surface area contributed by atoms with E-state index in [0.717, 1.165) is 31.5 Å². The first-order chi connectivity index (χ1) is 19.1. The fourth-order valence-electron chi connectivity index (χ4n) is 3.46. The Morgan fingerprint density at radius 1 is 1.02 bits per heavy atom. The molecular weight excluding hydrogens is 544 g/mol. The largest absolute Gasteiger partial charge is 0.447 e. The summed E-state index contributed by atoms with van der Waals surface area (Å²) in [6.07, 6.45) is 5.58. The maximum absolute atomic E-state index is 12.5. The number of carbonyl (C=O) groups excluding carboxylic acids is 2. The molecule has 0 radical (unpaired) electrons. The quantitative estimate of drug-likeness (QED) is 0.192. The van der Waals surface area contributed by atoms with Crippen LogP contribution < -0.4 is 15.4 Å². The van der Waals surface area contributed by atoms with E-state index in [4.69, 9.17) is 4.74 Å². The number of carbonyl (C=O) groups is 2. The Kier molecular flexibility index (Phi) is 9.51. The van der Waals surface area contributed by atoms with Gasteiger partial charge in [-0.1, -0.05) is 12.1 Å². The summed E-state index contributed by atoms with van der Waals surface area (Å²) in [5.74, 6) is -0.225. The van der Waals surface area contributed by atoms with Crippen molar-refractivity contribution in [3.63, 3.8) is 0 Å². The lowest BCUT2D eigenvalue weighted by atomic mass is 10.1. The standard InChI is InChI=1S/C29H32N6O3S2/c1-18(2)38-28(37)34-22-9-7-20(8-10-22)27-33-16-25(39-27)23-11-6-19(12-24(23)40-35-29(3,4)5)13-32-26(36)21-14-30-17-31-15-21/h6-12,14-18,35H,13H2,1-5H3,(H,32,36)(H,34,37). The number of hydrogen-bond acceptors (Lipinski definition) is 9. The van der Waals surface area contributed by atoms with E-state index in [-0.39, 0.29) is 17.6 Å². The van der Waals surface area contributed by atoms with E-state index in [2.05, 4.69) is 63.2 Å². The first-order valence-electron chi connectivity index (χ1n) is 12.7. The van der Waals surface area contributed by atoms with Gasteiger partial charge < -0.3 is 10.1 Å². The minimum atomic E-state index is -0.481. The Balaban J connectivity index is 1.52. The van der Waals surface area contributed by atoms with Crippen molar-refractivity contribution in [3.05, 3.63) is 78.5 Å². The van der Waals surface area contributed by atoms with E-state index in [1.54, 1.807) is 37.1 Å². The van der Waals surface area contributed by atoms with Crippen LogP contribution in [0.15, 0.2) is 72.3 Å². The van der Waals surface area contributed by atoms with E-state index < -0.39 is 6.09 Å². The predicted molar refractivity (Wildman–Crippen MR) is 160 cm³/mol. The highest BCUT2D eigenvalue weighted by molar-refractivity contribution is 7.97. The first kappa shape index (κ1) is 29.2. The van der Waals surface area contributed by atoms with Crippen molar-refractivity contribution >= 4 is 41.0 Å². The molecule has 208 valence electrons. The molecule has 0 saturated heterocycles. The lowest BCUT2D eigenvalue weighted by molar-refractivity contribution is 0.0950. The van der Waals surface area contributed by atoms with Gasteiger partial charge in [-0.25, -0.2) is 19.7 Å². The molecule has 11 heteroatoms. The first-order valence-corrected chi connectivity index (χ1v) is 14.3. The van der Waals surface area contributed by atoms with E-state index in [0.29, 0.717) is 17.8 Å². The molecule has 2 aromatic heterocycles. The van der Waals surface area contributed by atoms with Gasteiger partial charge in [-0.3, -0.25) is 14.8 Å². The van der Waals surface area contributed by atoms with Crippen LogP contribution in [-0.4, -0.2) is 38.6 Å². The molecule has 9 nitrogen and oxygen atoms in total. The Labute approximate surface area is 242 Å². The van der Waals surface area contributed by atoms with Crippen LogP contribution in [0.1, 0.15) is 50.5 Å². The molecule has 2 heterocycles. The number of amides is 2.